The van der Waals surface area contributed by atoms with Crippen molar-refractivity contribution >= 4 is 27.5 Å². The van der Waals surface area contributed by atoms with Crippen molar-refractivity contribution in [2.75, 3.05) is 32.5 Å². The number of carbonyl (C=O) groups excluding carboxylic acids is 1. The highest BCUT2D eigenvalue weighted by molar-refractivity contribution is 7.86. The van der Waals surface area contributed by atoms with Crippen molar-refractivity contribution in [1.29, 1.82) is 0 Å². The molecule has 1 fully saturated rings. The number of nitro benzene ring substituents is 1. The molecular weight excluding hydrogens is 348 g/mol. The van der Waals surface area contributed by atoms with E-state index in [0.717, 1.165) is 4.31 Å². The van der Waals surface area contributed by atoms with Gasteiger partial charge in [0.25, 0.3) is 15.9 Å². The number of piperidine rings is 1. The van der Waals surface area contributed by atoms with E-state index in [1.807, 2.05) is 0 Å². The molecule has 1 saturated heterocycles. The van der Waals surface area contributed by atoms with Gasteiger partial charge in [-0.25, -0.2) is 0 Å². The molecule has 0 radical (unpaired) electrons. The summed E-state index contributed by atoms with van der Waals surface area (Å²) < 4.78 is 26.9. The fourth-order valence-corrected chi connectivity index (χ4v) is 3.98. The first-order valence-corrected chi connectivity index (χ1v) is 9.26. The van der Waals surface area contributed by atoms with Gasteiger partial charge in [-0.05, 0) is 25.8 Å². The Kier molecular flexibility index (Phi) is 5.76. The molecular formula is C15H22N4O5S. The lowest BCUT2D eigenvalue weighted by molar-refractivity contribution is -0.385. The van der Waals surface area contributed by atoms with Gasteiger partial charge in [0.2, 0.25) is 5.91 Å². The predicted molar refractivity (Wildman–Crippen MR) is 93.4 cm³/mol. The van der Waals surface area contributed by atoms with Crippen molar-refractivity contribution in [2.24, 2.45) is 5.92 Å². The van der Waals surface area contributed by atoms with Gasteiger partial charge in [0.1, 0.15) is 0 Å². The quantitative estimate of drug-likeness (QED) is 0.621. The summed E-state index contributed by atoms with van der Waals surface area (Å²) in [5, 5.41) is 13.7. The number of hydrogen-bond donors (Lipinski definition) is 1. The van der Waals surface area contributed by atoms with Gasteiger partial charge in [-0.3, -0.25) is 14.9 Å². The Hall–Kier alpha value is -2.04. The van der Waals surface area contributed by atoms with Crippen molar-refractivity contribution in [2.45, 2.75) is 19.8 Å². The predicted octanol–water partition coefficient (Wildman–Crippen LogP) is 1.36. The number of anilines is 1. The maximum Gasteiger partial charge on any atom is 0.281 e. The van der Waals surface area contributed by atoms with Crippen LogP contribution in [0.1, 0.15) is 18.4 Å². The molecule has 10 heteroatoms. The summed E-state index contributed by atoms with van der Waals surface area (Å²) in [7, 11) is -0.668. The van der Waals surface area contributed by atoms with Crippen molar-refractivity contribution < 1.29 is 18.1 Å². The van der Waals surface area contributed by atoms with E-state index < -0.39 is 21.1 Å². The molecule has 1 aromatic carbocycles. The Morgan fingerprint density at radius 3 is 2.68 bits per heavy atom. The highest BCUT2D eigenvalue weighted by atomic mass is 32.2. The topological polar surface area (TPSA) is 113 Å². The molecule has 0 aromatic heterocycles. The molecule has 1 aliphatic heterocycles. The standard InChI is InChI=1S/C15H22N4O5S/c1-11-13(7-4-8-14(11)19(21)22)16-15(20)12-6-5-9-18(10-12)25(23,24)17(2)3/h4,7-8,12H,5-6,9-10H2,1-3H3,(H,16,20)/t12-/m1/s1. The number of amides is 1. The number of carbonyl (C=O) groups is 1. The molecule has 1 amide bonds. The highest BCUT2D eigenvalue weighted by Gasteiger charge is 2.33. The van der Waals surface area contributed by atoms with Crippen LogP contribution in [0.2, 0.25) is 0 Å². The molecule has 0 aliphatic carbocycles. The minimum atomic E-state index is -3.57. The third-order valence-electron chi connectivity index (χ3n) is 4.30. The highest BCUT2D eigenvalue weighted by Crippen LogP contribution is 2.27. The normalized spacial score (nSPS) is 19.0. The zero-order valence-corrected chi connectivity index (χ0v) is 15.2. The fourth-order valence-electron chi connectivity index (χ4n) is 2.79. The van der Waals surface area contributed by atoms with Gasteiger partial charge in [0.15, 0.2) is 0 Å². The van der Waals surface area contributed by atoms with Crippen LogP contribution in [0.4, 0.5) is 11.4 Å². The number of nitrogens with one attached hydrogen (secondary N) is 1. The van der Waals surface area contributed by atoms with Crippen molar-refractivity contribution in [1.82, 2.24) is 8.61 Å². The molecule has 25 heavy (non-hydrogen) atoms. The Morgan fingerprint density at radius 1 is 1.40 bits per heavy atom. The maximum atomic E-state index is 12.5. The van der Waals surface area contributed by atoms with Gasteiger partial charge in [0.05, 0.1) is 22.1 Å². The summed E-state index contributed by atoms with van der Waals surface area (Å²) in [6, 6.07) is 4.47. The molecule has 0 bridgehead atoms. The zero-order valence-electron chi connectivity index (χ0n) is 14.4. The molecule has 9 nitrogen and oxygen atoms in total. The molecule has 1 aromatic rings. The van der Waals surface area contributed by atoms with E-state index in [9.17, 15) is 23.3 Å². The lowest BCUT2D eigenvalue weighted by Gasteiger charge is -2.32. The van der Waals surface area contributed by atoms with Crippen LogP contribution in [-0.2, 0) is 15.0 Å². The van der Waals surface area contributed by atoms with E-state index in [-0.39, 0.29) is 18.1 Å². The molecule has 1 aliphatic rings. The van der Waals surface area contributed by atoms with E-state index in [1.165, 1.54) is 30.5 Å². The summed E-state index contributed by atoms with van der Waals surface area (Å²) in [6.45, 7) is 2.04. The third kappa shape index (κ3) is 4.14. The van der Waals surface area contributed by atoms with Crippen LogP contribution in [0, 0.1) is 23.0 Å². The monoisotopic (exact) mass is 370 g/mol. The third-order valence-corrected chi connectivity index (χ3v) is 6.21. The first kappa shape index (κ1) is 19.3. The van der Waals surface area contributed by atoms with E-state index in [4.69, 9.17) is 0 Å². The molecule has 138 valence electrons. The molecule has 1 atom stereocenters. The van der Waals surface area contributed by atoms with Gasteiger partial charge < -0.3 is 5.32 Å². The summed E-state index contributed by atoms with van der Waals surface area (Å²) in [4.78, 5) is 23.0. The van der Waals surface area contributed by atoms with Crippen LogP contribution in [0.5, 0.6) is 0 Å². The Balaban J connectivity index is 2.14. The SMILES string of the molecule is Cc1c(NC(=O)[C@@H]2CCCN(S(=O)(=O)N(C)C)C2)cccc1[N+](=O)[O-]. The zero-order chi connectivity index (χ0) is 18.8. The van der Waals surface area contributed by atoms with Crippen LogP contribution in [-0.4, -0.2) is 55.0 Å². The lowest BCUT2D eigenvalue weighted by Crippen LogP contribution is -2.47. The van der Waals surface area contributed by atoms with Gasteiger partial charge in [-0.15, -0.1) is 0 Å². The number of benzene rings is 1. The molecule has 0 saturated carbocycles. The van der Waals surface area contributed by atoms with Gasteiger partial charge in [-0.1, -0.05) is 6.07 Å². The summed E-state index contributed by atoms with van der Waals surface area (Å²) in [5.74, 6) is -0.829. The van der Waals surface area contributed by atoms with Crippen LogP contribution in [0.3, 0.4) is 0 Å². The first-order chi connectivity index (χ1) is 11.6. The van der Waals surface area contributed by atoms with E-state index in [2.05, 4.69) is 5.32 Å². The van der Waals surface area contributed by atoms with Crippen LogP contribution in [0.25, 0.3) is 0 Å². The number of nitro groups is 1. The van der Waals surface area contributed by atoms with E-state index in [1.54, 1.807) is 13.0 Å². The number of hydrogen-bond acceptors (Lipinski definition) is 5. The molecule has 1 N–H and O–H groups in total. The minimum absolute atomic E-state index is 0.0711. The molecule has 1 heterocycles. The minimum Gasteiger partial charge on any atom is -0.325 e. The van der Waals surface area contributed by atoms with Crippen molar-refractivity contribution in [3.63, 3.8) is 0 Å². The van der Waals surface area contributed by atoms with Gasteiger partial charge >= 0.3 is 0 Å². The maximum absolute atomic E-state index is 12.5. The second kappa shape index (κ2) is 7.46. The Bertz CT molecular complexity index is 778. The smallest absolute Gasteiger partial charge is 0.281 e. The largest absolute Gasteiger partial charge is 0.325 e. The average molecular weight is 370 g/mol. The van der Waals surface area contributed by atoms with Crippen LogP contribution < -0.4 is 5.32 Å². The molecule has 0 spiro atoms. The van der Waals surface area contributed by atoms with Crippen LogP contribution >= 0.6 is 0 Å². The summed E-state index contributed by atoms with van der Waals surface area (Å²) >= 11 is 0. The first-order valence-electron chi connectivity index (χ1n) is 7.87. The van der Waals surface area contributed by atoms with Crippen molar-refractivity contribution in [3.05, 3.63) is 33.9 Å². The fraction of sp³-hybridized carbons (Fsp3) is 0.533. The average Bonchev–Trinajstić information content (AvgIpc) is 2.56. The molecule has 0 unspecified atom stereocenters. The van der Waals surface area contributed by atoms with Gasteiger partial charge in [-0.2, -0.15) is 17.0 Å². The number of rotatable bonds is 5. The van der Waals surface area contributed by atoms with Gasteiger partial charge in [0, 0.05) is 33.3 Å². The summed E-state index contributed by atoms with van der Waals surface area (Å²) in [6.07, 6.45) is 1.15. The van der Waals surface area contributed by atoms with E-state index in [0.29, 0.717) is 30.6 Å². The Labute approximate surface area is 146 Å². The Morgan fingerprint density at radius 2 is 2.08 bits per heavy atom. The number of nitrogens with zero attached hydrogens (tertiary/aromatic N) is 3. The van der Waals surface area contributed by atoms with Crippen LogP contribution in [0.15, 0.2) is 18.2 Å². The lowest BCUT2D eigenvalue weighted by atomic mass is 9.98. The second-order valence-electron chi connectivity index (χ2n) is 6.18. The van der Waals surface area contributed by atoms with Crippen molar-refractivity contribution in [3.8, 4) is 0 Å². The van der Waals surface area contributed by atoms with E-state index >= 15 is 0 Å². The molecule has 2 rings (SSSR count). The summed E-state index contributed by atoms with van der Waals surface area (Å²) in [5.41, 5.74) is 0.666. The second-order valence-corrected chi connectivity index (χ2v) is 8.33.